The Labute approximate surface area is 120 Å². The molecule has 1 aliphatic rings. The van der Waals surface area contributed by atoms with Gasteiger partial charge in [-0.2, -0.15) is 5.10 Å². The highest BCUT2D eigenvalue weighted by molar-refractivity contribution is 5.33. The molecule has 0 radical (unpaired) electrons. The summed E-state index contributed by atoms with van der Waals surface area (Å²) in [5, 5.41) is 7.72. The molecule has 1 aromatic carbocycles. The molecular formula is C16H22N4. The Hall–Kier alpha value is -1.65. The maximum absolute atomic E-state index is 4.25. The normalized spacial score (nSPS) is 19.1. The van der Waals surface area contributed by atoms with Crippen LogP contribution in [0.15, 0.2) is 42.7 Å². The Balaban J connectivity index is 1.72. The van der Waals surface area contributed by atoms with E-state index in [4.69, 9.17) is 0 Å². The van der Waals surface area contributed by atoms with Crippen LogP contribution in [0.1, 0.15) is 19.4 Å². The van der Waals surface area contributed by atoms with Gasteiger partial charge in [0, 0.05) is 44.1 Å². The molecule has 3 rings (SSSR count). The van der Waals surface area contributed by atoms with E-state index in [1.54, 1.807) is 6.20 Å². The molecule has 2 heterocycles. The first kappa shape index (κ1) is 13.3. The van der Waals surface area contributed by atoms with E-state index in [1.807, 2.05) is 16.9 Å². The summed E-state index contributed by atoms with van der Waals surface area (Å²) in [5.74, 6) is 0. The molecule has 0 saturated carbocycles. The van der Waals surface area contributed by atoms with Crippen molar-refractivity contribution in [3.05, 3.63) is 48.3 Å². The van der Waals surface area contributed by atoms with E-state index >= 15 is 0 Å². The van der Waals surface area contributed by atoms with Gasteiger partial charge in [0.25, 0.3) is 0 Å². The van der Waals surface area contributed by atoms with E-state index < -0.39 is 0 Å². The maximum atomic E-state index is 4.25. The van der Waals surface area contributed by atoms with Gasteiger partial charge < -0.3 is 5.32 Å². The summed E-state index contributed by atoms with van der Waals surface area (Å²) in [7, 11) is 0. The van der Waals surface area contributed by atoms with Gasteiger partial charge in [0.05, 0.1) is 5.69 Å². The number of hydrogen-bond acceptors (Lipinski definition) is 3. The average molecular weight is 270 g/mol. The summed E-state index contributed by atoms with van der Waals surface area (Å²) in [4.78, 5) is 2.55. The molecule has 4 heteroatoms. The molecule has 0 aliphatic carbocycles. The third kappa shape index (κ3) is 2.76. The topological polar surface area (TPSA) is 33.1 Å². The van der Waals surface area contributed by atoms with Crippen molar-refractivity contribution in [2.75, 3.05) is 19.6 Å². The molecule has 106 valence electrons. The molecule has 1 N–H and O–H groups in total. The minimum atomic E-state index is 0.221. The molecule has 20 heavy (non-hydrogen) atoms. The lowest BCUT2D eigenvalue weighted by molar-refractivity contribution is 0.0827. The molecule has 0 bridgehead atoms. The van der Waals surface area contributed by atoms with Crippen LogP contribution in [0.5, 0.6) is 0 Å². The van der Waals surface area contributed by atoms with Crippen LogP contribution in [0.3, 0.4) is 0 Å². The number of nitrogens with zero attached hydrogens (tertiary/aromatic N) is 3. The molecule has 1 aromatic heterocycles. The van der Waals surface area contributed by atoms with Gasteiger partial charge in [-0.1, -0.05) is 12.1 Å². The van der Waals surface area contributed by atoms with Crippen molar-refractivity contribution >= 4 is 0 Å². The zero-order chi connectivity index (χ0) is 14.0. The van der Waals surface area contributed by atoms with Crippen LogP contribution in [0.25, 0.3) is 5.69 Å². The Kier molecular flexibility index (Phi) is 3.59. The summed E-state index contributed by atoms with van der Waals surface area (Å²) in [6.45, 7) is 8.85. The first-order chi connectivity index (χ1) is 9.65. The number of piperazine rings is 1. The first-order valence-electron chi connectivity index (χ1n) is 7.20. The predicted molar refractivity (Wildman–Crippen MR) is 80.9 cm³/mol. The van der Waals surface area contributed by atoms with Crippen LogP contribution in [-0.2, 0) is 6.54 Å². The van der Waals surface area contributed by atoms with Crippen LogP contribution in [0, 0.1) is 0 Å². The zero-order valence-corrected chi connectivity index (χ0v) is 12.2. The number of hydrogen-bond donors (Lipinski definition) is 1. The lowest BCUT2D eigenvalue weighted by Crippen LogP contribution is -2.57. The van der Waals surface area contributed by atoms with Crippen molar-refractivity contribution < 1.29 is 0 Å². The molecule has 0 unspecified atom stereocenters. The summed E-state index contributed by atoms with van der Waals surface area (Å²) in [5.41, 5.74) is 2.69. The molecule has 0 atom stereocenters. The van der Waals surface area contributed by atoms with Gasteiger partial charge in [0.15, 0.2) is 0 Å². The van der Waals surface area contributed by atoms with E-state index in [0.717, 1.165) is 31.9 Å². The summed E-state index contributed by atoms with van der Waals surface area (Å²) >= 11 is 0. The Morgan fingerprint density at radius 3 is 2.70 bits per heavy atom. The molecule has 1 fully saturated rings. The minimum absolute atomic E-state index is 0.221. The van der Waals surface area contributed by atoms with E-state index in [9.17, 15) is 0 Å². The standard InChI is InChI=1S/C16H22N4/c1-16(2)13-17-9-11-19(16)12-14-4-6-15(7-5-14)20-10-3-8-18-20/h3-8,10,17H,9,11-13H2,1-2H3. The average Bonchev–Trinajstić information content (AvgIpc) is 2.96. The van der Waals surface area contributed by atoms with Crippen molar-refractivity contribution in [1.29, 1.82) is 0 Å². The highest BCUT2D eigenvalue weighted by Gasteiger charge is 2.29. The second-order valence-corrected chi connectivity index (χ2v) is 6.03. The van der Waals surface area contributed by atoms with Crippen LogP contribution >= 0.6 is 0 Å². The van der Waals surface area contributed by atoms with E-state index in [-0.39, 0.29) is 5.54 Å². The van der Waals surface area contributed by atoms with Gasteiger partial charge in [-0.05, 0) is 37.6 Å². The summed E-state index contributed by atoms with van der Waals surface area (Å²) in [6.07, 6.45) is 3.77. The zero-order valence-electron chi connectivity index (χ0n) is 12.2. The van der Waals surface area contributed by atoms with Crippen molar-refractivity contribution in [1.82, 2.24) is 20.0 Å². The minimum Gasteiger partial charge on any atom is -0.314 e. The number of aromatic nitrogens is 2. The number of nitrogens with one attached hydrogen (secondary N) is 1. The van der Waals surface area contributed by atoms with Crippen LogP contribution in [-0.4, -0.2) is 39.9 Å². The molecule has 1 saturated heterocycles. The van der Waals surface area contributed by atoms with E-state index in [2.05, 4.69) is 53.4 Å². The molecular weight excluding hydrogens is 248 g/mol. The lowest BCUT2D eigenvalue weighted by Gasteiger charge is -2.42. The Bertz CT molecular complexity index is 542. The third-order valence-corrected chi connectivity index (χ3v) is 4.05. The summed E-state index contributed by atoms with van der Waals surface area (Å²) in [6, 6.07) is 10.6. The van der Waals surface area contributed by atoms with Crippen molar-refractivity contribution in [3.63, 3.8) is 0 Å². The van der Waals surface area contributed by atoms with Crippen molar-refractivity contribution in [2.45, 2.75) is 25.9 Å². The summed E-state index contributed by atoms with van der Waals surface area (Å²) < 4.78 is 1.89. The quantitative estimate of drug-likeness (QED) is 0.926. The number of benzene rings is 1. The van der Waals surface area contributed by atoms with Crippen molar-refractivity contribution in [2.24, 2.45) is 0 Å². The Morgan fingerprint density at radius 2 is 2.05 bits per heavy atom. The lowest BCUT2D eigenvalue weighted by atomic mass is 9.99. The fourth-order valence-electron chi connectivity index (χ4n) is 2.71. The highest BCUT2D eigenvalue weighted by Crippen LogP contribution is 2.20. The fraction of sp³-hybridized carbons (Fsp3) is 0.438. The second-order valence-electron chi connectivity index (χ2n) is 6.03. The second kappa shape index (κ2) is 5.38. The third-order valence-electron chi connectivity index (χ3n) is 4.05. The smallest absolute Gasteiger partial charge is 0.0645 e. The fourth-order valence-corrected chi connectivity index (χ4v) is 2.71. The van der Waals surface area contributed by atoms with E-state index in [1.165, 1.54) is 5.56 Å². The number of rotatable bonds is 3. The van der Waals surface area contributed by atoms with Crippen molar-refractivity contribution in [3.8, 4) is 5.69 Å². The van der Waals surface area contributed by atoms with Gasteiger partial charge in [-0.3, -0.25) is 4.90 Å². The molecule has 2 aromatic rings. The van der Waals surface area contributed by atoms with Gasteiger partial charge in [0.2, 0.25) is 0 Å². The molecule has 1 aliphatic heterocycles. The Morgan fingerprint density at radius 1 is 1.25 bits per heavy atom. The monoisotopic (exact) mass is 270 g/mol. The predicted octanol–water partition coefficient (Wildman–Crippen LogP) is 2.06. The largest absolute Gasteiger partial charge is 0.314 e. The van der Waals surface area contributed by atoms with Gasteiger partial charge in [0.1, 0.15) is 0 Å². The van der Waals surface area contributed by atoms with Crippen LogP contribution < -0.4 is 5.32 Å². The van der Waals surface area contributed by atoms with E-state index in [0.29, 0.717) is 0 Å². The SMILES string of the molecule is CC1(C)CNCCN1Cc1ccc(-n2cccn2)cc1. The molecule has 0 spiro atoms. The first-order valence-corrected chi connectivity index (χ1v) is 7.20. The van der Waals surface area contributed by atoms with Crippen LogP contribution in [0.2, 0.25) is 0 Å². The molecule has 0 amide bonds. The van der Waals surface area contributed by atoms with Gasteiger partial charge in [-0.15, -0.1) is 0 Å². The van der Waals surface area contributed by atoms with Gasteiger partial charge in [-0.25, -0.2) is 4.68 Å². The van der Waals surface area contributed by atoms with Gasteiger partial charge >= 0.3 is 0 Å². The molecule has 4 nitrogen and oxygen atoms in total. The maximum Gasteiger partial charge on any atom is 0.0645 e. The van der Waals surface area contributed by atoms with Crippen LogP contribution in [0.4, 0.5) is 0 Å². The highest BCUT2D eigenvalue weighted by atomic mass is 15.3.